The van der Waals surface area contributed by atoms with E-state index in [1.54, 1.807) is 0 Å². The number of aryl methyl sites for hydroxylation is 1. The third-order valence-corrected chi connectivity index (χ3v) is 4.66. The highest BCUT2D eigenvalue weighted by molar-refractivity contribution is 7.85. The highest BCUT2D eigenvalue weighted by atomic mass is 32.2. The van der Waals surface area contributed by atoms with Gasteiger partial charge >= 0.3 is 0 Å². The lowest BCUT2D eigenvalue weighted by molar-refractivity contribution is 0.617. The van der Waals surface area contributed by atoms with Gasteiger partial charge < -0.3 is 5.73 Å². The van der Waals surface area contributed by atoms with Gasteiger partial charge in [-0.3, -0.25) is 4.21 Å². The number of hydrogen-bond donors (Lipinski definition) is 1. The van der Waals surface area contributed by atoms with Crippen LogP contribution in [0.3, 0.4) is 0 Å². The molecule has 1 rings (SSSR count). The Balaban J connectivity index is 2.48. The lowest BCUT2D eigenvalue weighted by Gasteiger charge is -2.13. The fraction of sp³-hybridized carbons (Fsp3) is 0.625. The van der Waals surface area contributed by atoms with E-state index in [4.69, 9.17) is 5.73 Å². The number of hydrogen-bond acceptors (Lipinski definition) is 2. The standard InChI is InChI=1S/C16H27NOS/c1-4-5-14-6-8-15(9-7-14)16(17)12-19(18)11-10-13(2)3/h6-9,13,16H,4-5,10-12,17H2,1-3H3. The zero-order valence-electron chi connectivity index (χ0n) is 12.4. The minimum absolute atomic E-state index is 0.108. The predicted octanol–water partition coefficient (Wildman–Crippen LogP) is 3.43. The number of benzene rings is 1. The zero-order valence-corrected chi connectivity index (χ0v) is 13.2. The molecule has 2 nitrogen and oxygen atoms in total. The average Bonchev–Trinajstić information content (AvgIpc) is 2.37. The maximum absolute atomic E-state index is 11.9. The maximum atomic E-state index is 11.9. The van der Waals surface area contributed by atoms with Gasteiger partial charge in [0, 0.05) is 28.3 Å². The van der Waals surface area contributed by atoms with Crippen molar-refractivity contribution in [1.82, 2.24) is 0 Å². The lowest BCUT2D eigenvalue weighted by atomic mass is 10.0. The van der Waals surface area contributed by atoms with Gasteiger partial charge in [0.1, 0.15) is 0 Å². The van der Waals surface area contributed by atoms with Gasteiger partial charge in [-0.05, 0) is 29.9 Å². The predicted molar refractivity (Wildman–Crippen MR) is 84.7 cm³/mol. The summed E-state index contributed by atoms with van der Waals surface area (Å²) in [6.45, 7) is 6.49. The van der Waals surface area contributed by atoms with Crippen molar-refractivity contribution in [3.63, 3.8) is 0 Å². The van der Waals surface area contributed by atoms with Crippen molar-refractivity contribution in [2.24, 2.45) is 11.7 Å². The molecule has 0 aromatic heterocycles. The van der Waals surface area contributed by atoms with Crippen LogP contribution in [0.15, 0.2) is 24.3 Å². The normalized spacial score (nSPS) is 14.6. The minimum atomic E-state index is -0.805. The van der Waals surface area contributed by atoms with E-state index in [-0.39, 0.29) is 6.04 Å². The Bertz CT molecular complexity index is 386. The van der Waals surface area contributed by atoms with Crippen LogP contribution < -0.4 is 5.73 Å². The molecule has 0 saturated heterocycles. The van der Waals surface area contributed by atoms with Crippen LogP contribution >= 0.6 is 0 Å². The quantitative estimate of drug-likeness (QED) is 0.793. The summed E-state index contributed by atoms with van der Waals surface area (Å²) < 4.78 is 11.9. The van der Waals surface area contributed by atoms with E-state index in [1.165, 1.54) is 5.56 Å². The number of rotatable bonds is 8. The summed E-state index contributed by atoms with van der Waals surface area (Å²) in [5, 5.41) is 0. The van der Waals surface area contributed by atoms with E-state index in [0.29, 0.717) is 11.7 Å². The molecule has 2 unspecified atom stereocenters. The van der Waals surface area contributed by atoms with Crippen molar-refractivity contribution < 1.29 is 4.21 Å². The fourth-order valence-electron chi connectivity index (χ4n) is 1.97. The summed E-state index contributed by atoms with van der Waals surface area (Å²) in [5.74, 6) is 1.94. The molecule has 108 valence electrons. The van der Waals surface area contributed by atoms with Crippen LogP contribution in [0.1, 0.15) is 50.8 Å². The SMILES string of the molecule is CCCc1ccc(C(N)CS(=O)CCC(C)C)cc1. The summed E-state index contributed by atoms with van der Waals surface area (Å²) in [6, 6.07) is 8.32. The van der Waals surface area contributed by atoms with Gasteiger partial charge in [0.2, 0.25) is 0 Å². The molecule has 0 amide bonds. The van der Waals surface area contributed by atoms with Crippen molar-refractivity contribution >= 4 is 10.8 Å². The molecule has 3 heteroatoms. The molecule has 1 aromatic rings. The molecule has 1 aromatic carbocycles. The Hall–Kier alpha value is -0.670. The first kappa shape index (κ1) is 16.4. The third-order valence-electron chi connectivity index (χ3n) is 3.23. The van der Waals surface area contributed by atoms with Gasteiger partial charge in [-0.1, -0.05) is 51.5 Å². The largest absolute Gasteiger partial charge is 0.323 e. The molecule has 0 saturated carbocycles. The highest BCUT2D eigenvalue weighted by Crippen LogP contribution is 2.14. The maximum Gasteiger partial charge on any atom is 0.0428 e. The molecule has 0 aliphatic carbocycles. The van der Waals surface area contributed by atoms with E-state index in [2.05, 4.69) is 45.0 Å². The topological polar surface area (TPSA) is 43.1 Å². The van der Waals surface area contributed by atoms with Crippen molar-refractivity contribution in [3.8, 4) is 0 Å². The molecular weight excluding hydrogens is 254 g/mol. The Morgan fingerprint density at radius 3 is 2.37 bits per heavy atom. The molecule has 19 heavy (non-hydrogen) atoms. The van der Waals surface area contributed by atoms with Crippen LogP contribution in [0, 0.1) is 5.92 Å². The van der Waals surface area contributed by atoms with Crippen molar-refractivity contribution in [2.45, 2.75) is 46.1 Å². The van der Waals surface area contributed by atoms with Crippen molar-refractivity contribution in [1.29, 1.82) is 0 Å². The van der Waals surface area contributed by atoms with E-state index in [9.17, 15) is 4.21 Å². The van der Waals surface area contributed by atoms with Crippen molar-refractivity contribution in [2.75, 3.05) is 11.5 Å². The van der Waals surface area contributed by atoms with Gasteiger partial charge in [-0.25, -0.2) is 0 Å². The molecule has 0 spiro atoms. The summed E-state index contributed by atoms with van der Waals surface area (Å²) >= 11 is 0. The molecule has 2 N–H and O–H groups in total. The van der Waals surface area contributed by atoms with Crippen LogP contribution in [0.4, 0.5) is 0 Å². The Kier molecular flexibility index (Phi) is 7.32. The van der Waals surface area contributed by atoms with Gasteiger partial charge in [0.25, 0.3) is 0 Å². The highest BCUT2D eigenvalue weighted by Gasteiger charge is 2.11. The van der Waals surface area contributed by atoms with E-state index in [1.807, 2.05) is 0 Å². The monoisotopic (exact) mass is 281 g/mol. The van der Waals surface area contributed by atoms with Crippen LogP contribution in [0.5, 0.6) is 0 Å². The molecular formula is C16H27NOS. The number of nitrogens with two attached hydrogens (primary N) is 1. The third kappa shape index (κ3) is 6.35. The molecule has 0 radical (unpaired) electrons. The summed E-state index contributed by atoms with van der Waals surface area (Å²) in [4.78, 5) is 0. The summed E-state index contributed by atoms with van der Waals surface area (Å²) in [6.07, 6.45) is 3.27. The van der Waals surface area contributed by atoms with Crippen molar-refractivity contribution in [3.05, 3.63) is 35.4 Å². The van der Waals surface area contributed by atoms with Crippen LogP contribution in [0.25, 0.3) is 0 Å². The summed E-state index contributed by atoms with van der Waals surface area (Å²) in [7, 11) is -0.805. The molecule has 0 aliphatic heterocycles. The van der Waals surface area contributed by atoms with Gasteiger partial charge in [-0.2, -0.15) is 0 Å². The fourth-order valence-corrected chi connectivity index (χ4v) is 3.46. The van der Waals surface area contributed by atoms with Gasteiger partial charge in [0.15, 0.2) is 0 Å². The lowest BCUT2D eigenvalue weighted by Crippen LogP contribution is -2.20. The second-order valence-corrected chi connectivity index (χ2v) is 7.21. The summed E-state index contributed by atoms with van der Waals surface area (Å²) in [5.41, 5.74) is 8.58. The Labute approximate surface area is 120 Å². The molecule has 0 fully saturated rings. The van der Waals surface area contributed by atoms with E-state index in [0.717, 1.165) is 30.6 Å². The van der Waals surface area contributed by atoms with E-state index >= 15 is 0 Å². The average molecular weight is 281 g/mol. The van der Waals surface area contributed by atoms with Gasteiger partial charge in [-0.15, -0.1) is 0 Å². The Morgan fingerprint density at radius 2 is 1.84 bits per heavy atom. The minimum Gasteiger partial charge on any atom is -0.323 e. The second kappa shape index (κ2) is 8.49. The first-order valence-electron chi connectivity index (χ1n) is 7.22. The van der Waals surface area contributed by atoms with Crippen LogP contribution in [0.2, 0.25) is 0 Å². The molecule has 0 heterocycles. The molecule has 0 bridgehead atoms. The first-order chi connectivity index (χ1) is 9.02. The smallest absolute Gasteiger partial charge is 0.0428 e. The van der Waals surface area contributed by atoms with E-state index < -0.39 is 10.8 Å². The first-order valence-corrected chi connectivity index (χ1v) is 8.71. The van der Waals surface area contributed by atoms with Crippen LogP contribution in [-0.2, 0) is 17.2 Å². The molecule has 2 atom stereocenters. The Morgan fingerprint density at radius 1 is 1.21 bits per heavy atom. The zero-order chi connectivity index (χ0) is 14.3. The second-order valence-electron chi connectivity index (χ2n) is 5.59. The molecule has 0 aliphatic rings. The van der Waals surface area contributed by atoms with Gasteiger partial charge in [0.05, 0.1) is 0 Å². The van der Waals surface area contributed by atoms with Crippen LogP contribution in [-0.4, -0.2) is 15.7 Å².